The van der Waals surface area contributed by atoms with E-state index >= 15 is 0 Å². The van der Waals surface area contributed by atoms with E-state index in [0.29, 0.717) is 0 Å². The summed E-state index contributed by atoms with van der Waals surface area (Å²) in [6, 6.07) is 22.3. The first kappa shape index (κ1) is 19.7. The van der Waals surface area contributed by atoms with Crippen LogP contribution in [0.15, 0.2) is 84.0 Å². The van der Waals surface area contributed by atoms with Gasteiger partial charge in [-0.25, -0.2) is 4.39 Å². The molecule has 152 valence electrons. The minimum atomic E-state index is -0.279. The Kier molecular flexibility index (Phi) is 5.80. The lowest BCUT2D eigenvalue weighted by Gasteiger charge is -2.24. The van der Waals surface area contributed by atoms with Crippen LogP contribution in [0.2, 0.25) is 0 Å². The zero-order valence-electron chi connectivity index (χ0n) is 17.0. The maximum Gasteiger partial charge on any atom is 0.125 e. The van der Waals surface area contributed by atoms with Gasteiger partial charge >= 0.3 is 0 Å². The van der Waals surface area contributed by atoms with Gasteiger partial charge in [0.05, 0.1) is 31.7 Å². The molecule has 1 aliphatic rings. The van der Waals surface area contributed by atoms with Gasteiger partial charge in [-0.05, 0) is 59.7 Å². The normalized spacial score (nSPS) is 16.0. The monoisotopic (exact) mass is 402 g/mol. The van der Waals surface area contributed by atoms with Crippen molar-refractivity contribution in [2.24, 2.45) is 5.10 Å². The topological polar surface area (TPSA) is 34.1 Å². The lowest BCUT2D eigenvalue weighted by molar-refractivity contribution is 0.414. The van der Waals surface area contributed by atoms with Crippen LogP contribution in [0.1, 0.15) is 23.6 Å². The summed E-state index contributed by atoms with van der Waals surface area (Å²) in [5.41, 5.74) is 3.81. The average Bonchev–Trinajstić information content (AvgIpc) is 3.22. The van der Waals surface area contributed by atoms with Gasteiger partial charge in [-0.3, -0.25) is 5.01 Å². The molecule has 0 aliphatic carbocycles. The number of benzene rings is 3. The maximum atomic E-state index is 13.9. The minimum Gasteiger partial charge on any atom is -0.497 e. The first-order valence-corrected chi connectivity index (χ1v) is 9.74. The third-order valence-electron chi connectivity index (χ3n) is 5.09. The number of allylic oxidation sites excluding steroid dienone is 1. The number of nitrogens with zero attached hydrogens (tertiary/aromatic N) is 2. The van der Waals surface area contributed by atoms with Crippen LogP contribution in [0, 0.1) is 5.82 Å². The molecule has 4 nitrogen and oxygen atoms in total. The highest BCUT2D eigenvalue weighted by molar-refractivity contribution is 6.01. The first-order chi connectivity index (χ1) is 14.7. The van der Waals surface area contributed by atoms with Gasteiger partial charge < -0.3 is 9.47 Å². The Morgan fingerprint density at radius 3 is 2.20 bits per heavy atom. The quantitative estimate of drug-likeness (QED) is 0.518. The lowest BCUT2D eigenvalue weighted by atomic mass is 10.0. The van der Waals surface area contributed by atoms with Crippen LogP contribution in [-0.4, -0.2) is 19.9 Å². The fraction of sp³-hybridized carbons (Fsp3) is 0.160. The highest BCUT2D eigenvalue weighted by atomic mass is 19.1. The van der Waals surface area contributed by atoms with E-state index in [9.17, 15) is 4.39 Å². The van der Waals surface area contributed by atoms with Gasteiger partial charge in [-0.15, -0.1) is 0 Å². The molecule has 0 aromatic heterocycles. The van der Waals surface area contributed by atoms with Crippen molar-refractivity contribution in [1.82, 2.24) is 0 Å². The minimum absolute atomic E-state index is 0.0202. The number of methoxy groups -OCH3 is 2. The first-order valence-electron chi connectivity index (χ1n) is 9.74. The van der Waals surface area contributed by atoms with E-state index in [-0.39, 0.29) is 11.9 Å². The van der Waals surface area contributed by atoms with E-state index < -0.39 is 0 Å². The van der Waals surface area contributed by atoms with Gasteiger partial charge in [0.1, 0.15) is 17.3 Å². The zero-order chi connectivity index (χ0) is 20.9. The molecule has 0 N–H and O–H groups in total. The third kappa shape index (κ3) is 4.35. The number of rotatable bonds is 6. The number of halogens is 1. The summed E-state index contributed by atoms with van der Waals surface area (Å²) in [6.07, 6.45) is 4.76. The molecule has 1 heterocycles. The Bertz CT molecular complexity index is 1060. The average molecular weight is 402 g/mol. The summed E-state index contributed by atoms with van der Waals surface area (Å²) < 4.78 is 24.3. The standard InChI is InChI=1S/C25H23FN2O2/c1-29-23-12-7-18(8-13-23)6-11-21-17-25(19-9-14-24(30-2)15-10-19)28(27-21)22-5-3-4-20(26)16-22/h3-16,25H,17H2,1-2H3. The second-order valence-electron chi connectivity index (χ2n) is 7.02. The Hall–Kier alpha value is -3.60. The Morgan fingerprint density at radius 2 is 1.57 bits per heavy atom. The van der Waals surface area contributed by atoms with Crippen LogP contribution < -0.4 is 14.5 Å². The van der Waals surface area contributed by atoms with Crippen molar-refractivity contribution in [2.75, 3.05) is 19.2 Å². The van der Waals surface area contributed by atoms with Crippen LogP contribution in [0.25, 0.3) is 6.08 Å². The molecular weight excluding hydrogens is 379 g/mol. The van der Waals surface area contributed by atoms with Crippen molar-refractivity contribution in [3.63, 3.8) is 0 Å². The molecular formula is C25H23FN2O2. The Balaban J connectivity index is 1.62. The highest BCUT2D eigenvalue weighted by Crippen LogP contribution is 2.36. The molecule has 0 spiro atoms. The summed E-state index contributed by atoms with van der Waals surface area (Å²) in [5.74, 6) is 1.34. The predicted octanol–water partition coefficient (Wildman–Crippen LogP) is 5.86. The molecule has 0 saturated carbocycles. The van der Waals surface area contributed by atoms with Crippen LogP contribution in [0.4, 0.5) is 10.1 Å². The largest absolute Gasteiger partial charge is 0.497 e. The smallest absolute Gasteiger partial charge is 0.125 e. The molecule has 0 fully saturated rings. The van der Waals surface area contributed by atoms with Gasteiger partial charge in [0.15, 0.2) is 0 Å². The van der Waals surface area contributed by atoms with E-state index in [1.165, 1.54) is 12.1 Å². The summed E-state index contributed by atoms with van der Waals surface area (Å²) >= 11 is 0. The molecule has 30 heavy (non-hydrogen) atoms. The second kappa shape index (κ2) is 8.82. The van der Waals surface area contributed by atoms with Crippen molar-refractivity contribution in [3.05, 3.63) is 95.8 Å². The number of hydrogen-bond acceptors (Lipinski definition) is 4. The van der Waals surface area contributed by atoms with E-state index in [1.54, 1.807) is 20.3 Å². The summed E-state index contributed by atoms with van der Waals surface area (Å²) in [4.78, 5) is 0. The lowest BCUT2D eigenvalue weighted by Crippen LogP contribution is -2.18. The third-order valence-corrected chi connectivity index (χ3v) is 5.09. The zero-order valence-corrected chi connectivity index (χ0v) is 17.0. The molecule has 1 unspecified atom stereocenters. The number of hydrogen-bond donors (Lipinski definition) is 0. The highest BCUT2D eigenvalue weighted by Gasteiger charge is 2.28. The molecule has 0 radical (unpaired) electrons. The number of hydrazone groups is 1. The van der Waals surface area contributed by atoms with E-state index in [1.807, 2.05) is 71.8 Å². The van der Waals surface area contributed by atoms with Gasteiger partial charge in [0.2, 0.25) is 0 Å². The van der Waals surface area contributed by atoms with Gasteiger partial charge in [0, 0.05) is 6.42 Å². The number of anilines is 1. The molecule has 0 saturated heterocycles. The van der Waals surface area contributed by atoms with Gasteiger partial charge in [-0.2, -0.15) is 5.10 Å². The summed E-state index contributed by atoms with van der Waals surface area (Å²) in [7, 11) is 3.30. The SMILES string of the molecule is COc1ccc(C=CC2=NN(c3cccc(F)c3)C(c3ccc(OC)cc3)C2)cc1. The van der Waals surface area contributed by atoms with Crippen LogP contribution >= 0.6 is 0 Å². The van der Waals surface area contributed by atoms with E-state index in [0.717, 1.165) is 40.4 Å². The molecule has 3 aromatic rings. The predicted molar refractivity (Wildman–Crippen MR) is 119 cm³/mol. The van der Waals surface area contributed by atoms with Crippen molar-refractivity contribution >= 4 is 17.5 Å². The van der Waals surface area contributed by atoms with Crippen molar-refractivity contribution in [2.45, 2.75) is 12.5 Å². The molecule has 0 amide bonds. The Morgan fingerprint density at radius 1 is 0.900 bits per heavy atom. The molecule has 5 heteroatoms. The molecule has 4 rings (SSSR count). The van der Waals surface area contributed by atoms with Crippen LogP contribution in [0.3, 0.4) is 0 Å². The Labute approximate surface area is 175 Å². The van der Waals surface area contributed by atoms with Crippen LogP contribution in [0.5, 0.6) is 11.5 Å². The van der Waals surface area contributed by atoms with Crippen molar-refractivity contribution in [3.8, 4) is 11.5 Å². The molecule has 1 aliphatic heterocycles. The summed E-state index contributed by atoms with van der Waals surface area (Å²) in [6.45, 7) is 0. The fourth-order valence-corrected chi connectivity index (χ4v) is 3.48. The van der Waals surface area contributed by atoms with Crippen LogP contribution in [-0.2, 0) is 0 Å². The maximum absolute atomic E-state index is 13.9. The van der Waals surface area contributed by atoms with E-state index in [4.69, 9.17) is 14.6 Å². The van der Waals surface area contributed by atoms with Crippen molar-refractivity contribution in [1.29, 1.82) is 0 Å². The number of ether oxygens (including phenoxy) is 2. The molecule has 1 atom stereocenters. The summed E-state index contributed by atoms with van der Waals surface area (Å²) in [5, 5.41) is 6.68. The fourth-order valence-electron chi connectivity index (χ4n) is 3.48. The van der Waals surface area contributed by atoms with E-state index in [2.05, 4.69) is 0 Å². The molecule has 3 aromatic carbocycles. The van der Waals surface area contributed by atoms with Crippen molar-refractivity contribution < 1.29 is 13.9 Å². The van der Waals surface area contributed by atoms with Gasteiger partial charge in [0.25, 0.3) is 0 Å². The molecule has 0 bridgehead atoms. The second-order valence-corrected chi connectivity index (χ2v) is 7.02. The van der Waals surface area contributed by atoms with Gasteiger partial charge in [-0.1, -0.05) is 36.4 Å².